The average molecular weight is 285 g/mol. The van der Waals surface area contributed by atoms with Crippen molar-refractivity contribution >= 4 is 21.8 Å². The number of hydrogen-bond acceptors (Lipinski definition) is 0. The lowest BCUT2D eigenvalue weighted by Gasteiger charge is -2.09. The fourth-order valence-corrected chi connectivity index (χ4v) is 3.18. The molecule has 108 valence electrons. The van der Waals surface area contributed by atoms with Crippen molar-refractivity contribution in [1.29, 1.82) is 0 Å². The molecule has 0 spiro atoms. The molecule has 0 aliphatic rings. The molecule has 0 atom stereocenters. The van der Waals surface area contributed by atoms with Crippen LogP contribution in [0.4, 0.5) is 0 Å². The van der Waals surface area contributed by atoms with Crippen LogP contribution in [0.1, 0.15) is 25.3 Å². The molecule has 22 heavy (non-hydrogen) atoms. The Morgan fingerprint density at radius 3 is 2.41 bits per heavy atom. The number of aromatic amines is 1. The minimum atomic E-state index is 0.543. The van der Waals surface area contributed by atoms with Crippen LogP contribution in [0.3, 0.4) is 0 Å². The molecule has 1 nitrogen and oxygen atoms in total. The predicted octanol–water partition coefficient (Wildman–Crippen LogP) is 6.11. The van der Waals surface area contributed by atoms with E-state index in [-0.39, 0.29) is 0 Å². The smallest absolute Gasteiger partial charge is 0.0544 e. The van der Waals surface area contributed by atoms with Crippen molar-refractivity contribution in [2.75, 3.05) is 0 Å². The highest BCUT2D eigenvalue weighted by Gasteiger charge is 2.10. The molecule has 1 N–H and O–H groups in total. The first kappa shape index (κ1) is 13.1. The van der Waals surface area contributed by atoms with Gasteiger partial charge in [0.25, 0.3) is 0 Å². The molecule has 0 unspecified atom stereocenters. The standard InChI is InChI=1S/C21H19N/c1-14(2)15-7-5-8-16(13-15)17-10-6-11-19-18-9-3-4-12-20(18)22-21(17)19/h3-14,22H,1-2H3. The number of nitrogens with one attached hydrogen (secondary N) is 1. The fraction of sp³-hybridized carbons (Fsp3) is 0.143. The monoisotopic (exact) mass is 285 g/mol. The van der Waals surface area contributed by atoms with Gasteiger partial charge in [-0.05, 0) is 23.1 Å². The maximum absolute atomic E-state index is 3.59. The van der Waals surface area contributed by atoms with Gasteiger partial charge in [0, 0.05) is 21.9 Å². The van der Waals surface area contributed by atoms with Crippen molar-refractivity contribution in [2.45, 2.75) is 19.8 Å². The molecule has 1 heterocycles. The molecular weight excluding hydrogens is 266 g/mol. The lowest BCUT2D eigenvalue weighted by atomic mass is 9.96. The van der Waals surface area contributed by atoms with Gasteiger partial charge in [-0.1, -0.05) is 74.5 Å². The van der Waals surface area contributed by atoms with Gasteiger partial charge >= 0.3 is 0 Å². The third kappa shape index (κ3) is 2.01. The van der Waals surface area contributed by atoms with Gasteiger partial charge in [-0.15, -0.1) is 0 Å². The number of fused-ring (bicyclic) bond motifs is 3. The summed E-state index contributed by atoms with van der Waals surface area (Å²) in [5.41, 5.74) is 6.36. The zero-order chi connectivity index (χ0) is 15.1. The molecule has 0 bridgehead atoms. The van der Waals surface area contributed by atoms with Gasteiger partial charge < -0.3 is 4.98 Å². The molecule has 0 aliphatic carbocycles. The van der Waals surface area contributed by atoms with E-state index in [0.717, 1.165) is 0 Å². The second-order valence-corrected chi connectivity index (χ2v) is 6.18. The van der Waals surface area contributed by atoms with E-state index in [2.05, 4.69) is 85.6 Å². The third-order valence-electron chi connectivity index (χ3n) is 4.41. The number of hydrogen-bond donors (Lipinski definition) is 1. The van der Waals surface area contributed by atoms with Gasteiger partial charge in [-0.3, -0.25) is 0 Å². The second kappa shape index (κ2) is 5.03. The normalized spacial score (nSPS) is 11.6. The van der Waals surface area contributed by atoms with E-state index in [1.807, 2.05) is 0 Å². The molecule has 0 saturated carbocycles. The lowest BCUT2D eigenvalue weighted by Crippen LogP contribution is -1.88. The quantitative estimate of drug-likeness (QED) is 0.457. The molecule has 1 aromatic heterocycles. The number of para-hydroxylation sites is 2. The summed E-state index contributed by atoms with van der Waals surface area (Å²) in [4.78, 5) is 3.59. The molecule has 4 rings (SSSR count). The van der Waals surface area contributed by atoms with E-state index in [1.54, 1.807) is 0 Å². The highest BCUT2D eigenvalue weighted by atomic mass is 14.7. The van der Waals surface area contributed by atoms with Crippen molar-refractivity contribution < 1.29 is 0 Å². The van der Waals surface area contributed by atoms with Crippen molar-refractivity contribution in [2.24, 2.45) is 0 Å². The number of benzene rings is 3. The summed E-state index contributed by atoms with van der Waals surface area (Å²) in [5.74, 6) is 0.543. The van der Waals surface area contributed by atoms with Gasteiger partial charge in [0.1, 0.15) is 0 Å². The first-order chi connectivity index (χ1) is 10.7. The predicted molar refractivity (Wildman–Crippen MR) is 95.3 cm³/mol. The van der Waals surface area contributed by atoms with Gasteiger partial charge in [0.2, 0.25) is 0 Å². The summed E-state index contributed by atoms with van der Waals surface area (Å²) in [6.07, 6.45) is 0. The Bertz CT molecular complexity index is 960. The Morgan fingerprint density at radius 1 is 0.773 bits per heavy atom. The van der Waals surface area contributed by atoms with Crippen LogP contribution in [0.15, 0.2) is 66.7 Å². The summed E-state index contributed by atoms with van der Waals surface area (Å²) in [5, 5.41) is 2.59. The Labute approximate surface area is 130 Å². The maximum Gasteiger partial charge on any atom is 0.0544 e. The van der Waals surface area contributed by atoms with Gasteiger partial charge in [-0.25, -0.2) is 0 Å². The first-order valence-electron chi connectivity index (χ1n) is 7.84. The van der Waals surface area contributed by atoms with Crippen LogP contribution in [-0.2, 0) is 0 Å². The Kier molecular flexibility index (Phi) is 3.00. The molecule has 0 amide bonds. The number of aromatic nitrogens is 1. The van der Waals surface area contributed by atoms with Gasteiger partial charge in [0.05, 0.1) is 5.52 Å². The van der Waals surface area contributed by atoms with Crippen molar-refractivity contribution in [1.82, 2.24) is 4.98 Å². The van der Waals surface area contributed by atoms with E-state index >= 15 is 0 Å². The second-order valence-electron chi connectivity index (χ2n) is 6.18. The maximum atomic E-state index is 3.59. The van der Waals surface area contributed by atoms with Crippen LogP contribution in [0.5, 0.6) is 0 Å². The van der Waals surface area contributed by atoms with Gasteiger partial charge in [-0.2, -0.15) is 0 Å². The van der Waals surface area contributed by atoms with Crippen molar-refractivity contribution in [3.05, 3.63) is 72.3 Å². The summed E-state index contributed by atoms with van der Waals surface area (Å²) in [6, 6.07) is 23.9. The topological polar surface area (TPSA) is 15.8 Å². The van der Waals surface area contributed by atoms with Crippen molar-refractivity contribution in [3.63, 3.8) is 0 Å². The highest BCUT2D eigenvalue weighted by Crippen LogP contribution is 2.33. The summed E-state index contributed by atoms with van der Waals surface area (Å²) in [6.45, 7) is 4.48. The molecule has 1 heteroatoms. The van der Waals surface area contributed by atoms with E-state index in [9.17, 15) is 0 Å². The minimum Gasteiger partial charge on any atom is -0.354 e. The van der Waals surface area contributed by atoms with Crippen LogP contribution < -0.4 is 0 Å². The number of rotatable bonds is 2. The zero-order valence-corrected chi connectivity index (χ0v) is 12.9. The van der Waals surface area contributed by atoms with Crippen LogP contribution >= 0.6 is 0 Å². The fourth-order valence-electron chi connectivity index (χ4n) is 3.18. The Balaban J connectivity index is 2.01. The van der Waals surface area contributed by atoms with Crippen LogP contribution in [-0.4, -0.2) is 4.98 Å². The van der Waals surface area contributed by atoms with E-state index in [4.69, 9.17) is 0 Å². The molecule has 3 aromatic carbocycles. The summed E-state index contributed by atoms with van der Waals surface area (Å²) >= 11 is 0. The lowest BCUT2D eigenvalue weighted by molar-refractivity contribution is 0.867. The molecular formula is C21H19N. The summed E-state index contributed by atoms with van der Waals surface area (Å²) < 4.78 is 0. The zero-order valence-electron chi connectivity index (χ0n) is 12.9. The molecule has 0 radical (unpaired) electrons. The molecule has 4 aromatic rings. The average Bonchev–Trinajstić information content (AvgIpc) is 2.93. The summed E-state index contributed by atoms with van der Waals surface area (Å²) in [7, 11) is 0. The molecule has 0 saturated heterocycles. The van der Waals surface area contributed by atoms with E-state index in [0.29, 0.717) is 5.92 Å². The van der Waals surface area contributed by atoms with Crippen LogP contribution in [0.25, 0.3) is 32.9 Å². The Morgan fingerprint density at radius 2 is 1.55 bits per heavy atom. The first-order valence-corrected chi connectivity index (χ1v) is 7.84. The van der Waals surface area contributed by atoms with Crippen LogP contribution in [0, 0.1) is 0 Å². The van der Waals surface area contributed by atoms with Crippen molar-refractivity contribution in [3.8, 4) is 11.1 Å². The molecule has 0 aliphatic heterocycles. The highest BCUT2D eigenvalue weighted by molar-refractivity contribution is 6.11. The number of H-pyrrole nitrogens is 1. The van der Waals surface area contributed by atoms with E-state index < -0.39 is 0 Å². The minimum absolute atomic E-state index is 0.543. The largest absolute Gasteiger partial charge is 0.354 e. The Hall–Kier alpha value is -2.54. The third-order valence-corrected chi connectivity index (χ3v) is 4.41. The molecule has 0 fully saturated rings. The van der Waals surface area contributed by atoms with Crippen LogP contribution in [0.2, 0.25) is 0 Å². The SMILES string of the molecule is CC(C)c1cccc(-c2cccc3c2[nH]c2ccccc23)c1. The van der Waals surface area contributed by atoms with Gasteiger partial charge in [0.15, 0.2) is 0 Å². The van der Waals surface area contributed by atoms with E-state index in [1.165, 1.54) is 38.5 Å².